The van der Waals surface area contributed by atoms with Crippen molar-refractivity contribution >= 4 is 21.8 Å². The second kappa shape index (κ2) is 11.8. The molecule has 1 saturated heterocycles. The minimum atomic E-state index is -0.0107. The molecule has 2 aromatic rings. The van der Waals surface area contributed by atoms with Crippen LogP contribution in [0.4, 0.5) is 0 Å². The third-order valence-electron chi connectivity index (χ3n) is 4.81. The van der Waals surface area contributed by atoms with Gasteiger partial charge in [0.05, 0.1) is 24.3 Å². The maximum Gasteiger partial charge on any atom is 0.220 e. The SMILES string of the molecule is COc1cc(CNC(=O)CCCOc2ccccc2Br)ccc1OCC1CCCO1. The summed E-state index contributed by atoms with van der Waals surface area (Å²) >= 11 is 3.44. The van der Waals surface area contributed by atoms with E-state index in [2.05, 4.69) is 21.2 Å². The first kappa shape index (κ1) is 22.4. The molecule has 0 saturated carbocycles. The molecule has 6 nitrogen and oxygen atoms in total. The van der Waals surface area contributed by atoms with E-state index in [1.807, 2.05) is 42.5 Å². The van der Waals surface area contributed by atoms with Gasteiger partial charge in [0.15, 0.2) is 11.5 Å². The molecule has 1 unspecified atom stereocenters. The number of benzene rings is 2. The van der Waals surface area contributed by atoms with Crippen LogP contribution in [-0.2, 0) is 16.1 Å². The number of hydrogen-bond acceptors (Lipinski definition) is 5. The number of methoxy groups -OCH3 is 1. The van der Waals surface area contributed by atoms with Gasteiger partial charge in [-0.05, 0) is 65.0 Å². The largest absolute Gasteiger partial charge is 0.493 e. The van der Waals surface area contributed by atoms with Crippen LogP contribution in [0.25, 0.3) is 0 Å². The Labute approximate surface area is 186 Å². The lowest BCUT2D eigenvalue weighted by Gasteiger charge is -2.15. The van der Waals surface area contributed by atoms with Crippen LogP contribution in [0.2, 0.25) is 0 Å². The van der Waals surface area contributed by atoms with E-state index in [0.717, 1.165) is 35.2 Å². The van der Waals surface area contributed by atoms with E-state index in [1.165, 1.54) is 0 Å². The van der Waals surface area contributed by atoms with Crippen LogP contribution in [0.15, 0.2) is 46.9 Å². The normalized spacial score (nSPS) is 15.6. The molecule has 1 amide bonds. The predicted molar refractivity (Wildman–Crippen MR) is 118 cm³/mol. The molecule has 0 aromatic heterocycles. The Balaban J connectivity index is 1.38. The molecule has 30 heavy (non-hydrogen) atoms. The van der Waals surface area contributed by atoms with E-state index in [4.69, 9.17) is 18.9 Å². The lowest BCUT2D eigenvalue weighted by atomic mass is 10.2. The zero-order valence-electron chi connectivity index (χ0n) is 17.2. The number of carbonyl (C=O) groups is 1. The third-order valence-corrected chi connectivity index (χ3v) is 5.46. The summed E-state index contributed by atoms with van der Waals surface area (Å²) in [4.78, 5) is 12.1. The Morgan fingerprint density at radius 2 is 2.03 bits per heavy atom. The molecule has 1 aliphatic heterocycles. The van der Waals surface area contributed by atoms with Crippen molar-refractivity contribution < 1.29 is 23.7 Å². The summed E-state index contributed by atoms with van der Waals surface area (Å²) in [5, 5.41) is 2.94. The number of amides is 1. The first-order valence-corrected chi connectivity index (χ1v) is 11.0. The van der Waals surface area contributed by atoms with Gasteiger partial charge in [-0.3, -0.25) is 4.79 Å². The molecular weight excluding hydrogens is 450 g/mol. The molecular formula is C23H28BrNO5. The van der Waals surface area contributed by atoms with Crippen molar-refractivity contribution in [3.05, 3.63) is 52.5 Å². The van der Waals surface area contributed by atoms with Crippen molar-refractivity contribution in [2.75, 3.05) is 26.9 Å². The summed E-state index contributed by atoms with van der Waals surface area (Å²) in [5.41, 5.74) is 0.953. The number of halogens is 1. The lowest BCUT2D eigenvalue weighted by molar-refractivity contribution is -0.121. The molecule has 0 radical (unpaired) electrons. The van der Waals surface area contributed by atoms with Crippen LogP contribution in [0.3, 0.4) is 0 Å². The smallest absolute Gasteiger partial charge is 0.220 e. The van der Waals surface area contributed by atoms with Gasteiger partial charge in [-0.25, -0.2) is 0 Å². The van der Waals surface area contributed by atoms with Gasteiger partial charge >= 0.3 is 0 Å². The summed E-state index contributed by atoms with van der Waals surface area (Å²) in [7, 11) is 1.61. The molecule has 0 spiro atoms. The van der Waals surface area contributed by atoms with Crippen LogP contribution < -0.4 is 19.5 Å². The van der Waals surface area contributed by atoms with Gasteiger partial charge in [-0.2, -0.15) is 0 Å². The van der Waals surface area contributed by atoms with Gasteiger partial charge in [0.25, 0.3) is 0 Å². The summed E-state index contributed by atoms with van der Waals surface area (Å²) < 4.78 is 23.5. The molecule has 3 rings (SSSR count). The number of hydrogen-bond donors (Lipinski definition) is 1. The Bertz CT molecular complexity index is 823. The monoisotopic (exact) mass is 477 g/mol. The molecule has 1 atom stereocenters. The summed E-state index contributed by atoms with van der Waals surface area (Å²) in [6.07, 6.45) is 3.32. The molecule has 162 valence electrons. The standard InChI is InChI=1S/C23H28BrNO5/c1-27-22-14-17(10-11-21(22)30-16-18-6-4-12-28-18)15-25-23(26)9-5-13-29-20-8-3-2-7-19(20)24/h2-3,7-8,10-11,14,18H,4-6,9,12-13,15-16H2,1H3,(H,25,26). The Kier molecular flexibility index (Phi) is 8.83. The Morgan fingerprint density at radius 3 is 2.80 bits per heavy atom. The molecule has 1 N–H and O–H groups in total. The second-order valence-electron chi connectivity index (χ2n) is 7.09. The molecule has 2 aromatic carbocycles. The Hall–Kier alpha value is -2.25. The highest BCUT2D eigenvalue weighted by atomic mass is 79.9. The Morgan fingerprint density at radius 1 is 1.17 bits per heavy atom. The number of para-hydroxylation sites is 1. The minimum absolute atomic E-state index is 0.0107. The van der Waals surface area contributed by atoms with Crippen LogP contribution in [-0.4, -0.2) is 38.9 Å². The highest BCUT2D eigenvalue weighted by molar-refractivity contribution is 9.10. The summed E-state index contributed by atoms with van der Waals surface area (Å²) in [6, 6.07) is 13.4. The van der Waals surface area contributed by atoms with E-state index in [9.17, 15) is 4.79 Å². The molecule has 7 heteroatoms. The second-order valence-corrected chi connectivity index (χ2v) is 7.94. The van der Waals surface area contributed by atoms with E-state index >= 15 is 0 Å². The zero-order valence-corrected chi connectivity index (χ0v) is 18.8. The summed E-state index contributed by atoms with van der Waals surface area (Å²) in [6.45, 7) is 2.25. The minimum Gasteiger partial charge on any atom is -0.493 e. The fourth-order valence-electron chi connectivity index (χ4n) is 3.17. The van der Waals surface area contributed by atoms with Crippen molar-refractivity contribution in [3.8, 4) is 17.2 Å². The number of ether oxygens (including phenoxy) is 4. The highest BCUT2D eigenvalue weighted by Gasteiger charge is 2.17. The van der Waals surface area contributed by atoms with E-state index in [-0.39, 0.29) is 12.0 Å². The van der Waals surface area contributed by atoms with Gasteiger partial charge in [0.1, 0.15) is 12.4 Å². The molecule has 0 bridgehead atoms. The number of carbonyl (C=O) groups excluding carboxylic acids is 1. The highest BCUT2D eigenvalue weighted by Crippen LogP contribution is 2.29. The average Bonchev–Trinajstić information content (AvgIpc) is 3.29. The number of rotatable bonds is 11. The lowest BCUT2D eigenvalue weighted by Crippen LogP contribution is -2.23. The van der Waals surface area contributed by atoms with Gasteiger partial charge in [-0.15, -0.1) is 0 Å². The van der Waals surface area contributed by atoms with Crippen LogP contribution >= 0.6 is 15.9 Å². The third kappa shape index (κ3) is 6.92. The van der Waals surface area contributed by atoms with Gasteiger partial charge in [0, 0.05) is 19.6 Å². The quantitative estimate of drug-likeness (QED) is 0.482. The predicted octanol–water partition coefficient (Wildman–Crippen LogP) is 4.49. The molecule has 0 aliphatic carbocycles. The number of nitrogens with one attached hydrogen (secondary N) is 1. The van der Waals surface area contributed by atoms with Crippen molar-refractivity contribution in [1.82, 2.24) is 5.32 Å². The van der Waals surface area contributed by atoms with Gasteiger partial charge in [0.2, 0.25) is 5.91 Å². The van der Waals surface area contributed by atoms with Gasteiger partial charge < -0.3 is 24.3 Å². The first-order valence-electron chi connectivity index (χ1n) is 10.2. The zero-order chi connectivity index (χ0) is 21.2. The maximum atomic E-state index is 12.1. The topological polar surface area (TPSA) is 66.0 Å². The fourth-order valence-corrected chi connectivity index (χ4v) is 3.56. The maximum absolute atomic E-state index is 12.1. The fraction of sp³-hybridized carbons (Fsp3) is 0.435. The van der Waals surface area contributed by atoms with Crippen molar-refractivity contribution in [3.63, 3.8) is 0 Å². The van der Waals surface area contributed by atoms with Crippen LogP contribution in [0, 0.1) is 0 Å². The van der Waals surface area contributed by atoms with E-state index in [0.29, 0.717) is 44.1 Å². The van der Waals surface area contributed by atoms with E-state index < -0.39 is 0 Å². The van der Waals surface area contributed by atoms with Crippen molar-refractivity contribution in [2.24, 2.45) is 0 Å². The van der Waals surface area contributed by atoms with Crippen molar-refractivity contribution in [2.45, 2.75) is 38.3 Å². The first-order chi connectivity index (χ1) is 14.7. The molecule has 1 fully saturated rings. The average molecular weight is 478 g/mol. The van der Waals surface area contributed by atoms with Crippen LogP contribution in [0.1, 0.15) is 31.2 Å². The van der Waals surface area contributed by atoms with Crippen molar-refractivity contribution in [1.29, 1.82) is 0 Å². The van der Waals surface area contributed by atoms with Crippen LogP contribution in [0.5, 0.6) is 17.2 Å². The summed E-state index contributed by atoms with van der Waals surface area (Å²) in [5.74, 6) is 2.11. The van der Waals surface area contributed by atoms with Gasteiger partial charge in [-0.1, -0.05) is 18.2 Å². The molecule has 1 heterocycles. The molecule has 1 aliphatic rings. The van der Waals surface area contributed by atoms with E-state index in [1.54, 1.807) is 7.11 Å².